The Hall–Kier alpha value is -3.31. The van der Waals surface area contributed by atoms with Gasteiger partial charge in [0.25, 0.3) is 0 Å². The number of amides is 3. The van der Waals surface area contributed by atoms with Crippen molar-refractivity contribution in [2.24, 2.45) is 16.1 Å². The Labute approximate surface area is 190 Å². The SMILES string of the molecule is COC(=O)N1CCC(C2=C3C(=O)c4c(NC(=O)NN5CCOCC5)cccc4C3N=N2)CC1. The maximum absolute atomic E-state index is 13.5. The van der Waals surface area contributed by atoms with Crippen LogP contribution in [-0.4, -0.2) is 74.3 Å². The molecule has 0 bridgehead atoms. The van der Waals surface area contributed by atoms with Crippen molar-refractivity contribution >= 4 is 23.6 Å². The molecule has 2 saturated heterocycles. The number of carbonyl (C=O) groups is 3. The fourth-order valence-electron chi connectivity index (χ4n) is 4.86. The molecule has 33 heavy (non-hydrogen) atoms. The highest BCUT2D eigenvalue weighted by molar-refractivity contribution is 6.19. The number of urea groups is 1. The first-order valence-electron chi connectivity index (χ1n) is 11.1. The molecule has 0 saturated carbocycles. The number of ketones is 1. The van der Waals surface area contributed by atoms with E-state index in [9.17, 15) is 14.4 Å². The molecule has 0 aromatic heterocycles. The highest BCUT2D eigenvalue weighted by Gasteiger charge is 2.44. The summed E-state index contributed by atoms with van der Waals surface area (Å²) in [7, 11) is 1.37. The fraction of sp³-hybridized carbons (Fsp3) is 0.500. The molecule has 0 spiro atoms. The smallest absolute Gasteiger partial charge is 0.409 e. The number of Topliss-reactive ketones (excluding diaryl/α,β-unsaturated/α-hetero) is 1. The van der Waals surface area contributed by atoms with Crippen LogP contribution in [0.15, 0.2) is 39.7 Å². The second-order valence-electron chi connectivity index (χ2n) is 8.41. The first-order valence-corrected chi connectivity index (χ1v) is 11.1. The van der Waals surface area contributed by atoms with E-state index in [2.05, 4.69) is 21.0 Å². The lowest BCUT2D eigenvalue weighted by Gasteiger charge is -2.30. The highest BCUT2D eigenvalue weighted by Crippen LogP contribution is 2.49. The van der Waals surface area contributed by atoms with Gasteiger partial charge < -0.3 is 19.7 Å². The van der Waals surface area contributed by atoms with Gasteiger partial charge in [-0.3, -0.25) is 10.2 Å². The summed E-state index contributed by atoms with van der Waals surface area (Å²) in [6.07, 6.45) is 1.04. The summed E-state index contributed by atoms with van der Waals surface area (Å²) in [5, 5.41) is 13.4. The van der Waals surface area contributed by atoms with Crippen LogP contribution in [0.5, 0.6) is 0 Å². The number of piperidine rings is 1. The number of carbonyl (C=O) groups excluding carboxylic acids is 3. The van der Waals surface area contributed by atoms with E-state index in [4.69, 9.17) is 9.47 Å². The number of hydrazine groups is 1. The number of likely N-dealkylation sites (tertiary alicyclic amines) is 1. The van der Waals surface area contributed by atoms with Crippen LogP contribution in [0.25, 0.3) is 0 Å². The lowest BCUT2D eigenvalue weighted by atomic mass is 9.89. The molecule has 2 N–H and O–H groups in total. The van der Waals surface area contributed by atoms with Crippen molar-refractivity contribution in [3.05, 3.63) is 40.6 Å². The molecule has 1 aromatic carbocycles. The van der Waals surface area contributed by atoms with E-state index in [1.165, 1.54) is 7.11 Å². The number of nitrogens with zero attached hydrogens (tertiary/aromatic N) is 4. The number of nitrogens with one attached hydrogen (secondary N) is 2. The lowest BCUT2D eigenvalue weighted by molar-refractivity contribution is 0.0207. The van der Waals surface area contributed by atoms with Gasteiger partial charge in [-0.05, 0) is 24.5 Å². The number of ether oxygens (including phenoxy) is 2. The van der Waals surface area contributed by atoms with Crippen LogP contribution in [-0.2, 0) is 9.47 Å². The molecule has 1 aliphatic carbocycles. The molecular weight excluding hydrogens is 428 g/mol. The first-order chi connectivity index (χ1) is 16.1. The minimum Gasteiger partial charge on any atom is -0.453 e. The molecular formula is C22H26N6O5. The Morgan fingerprint density at radius 1 is 1.15 bits per heavy atom. The van der Waals surface area contributed by atoms with Gasteiger partial charge in [0.15, 0.2) is 5.78 Å². The zero-order chi connectivity index (χ0) is 22.9. The van der Waals surface area contributed by atoms with Gasteiger partial charge in [0.2, 0.25) is 0 Å². The largest absolute Gasteiger partial charge is 0.453 e. The van der Waals surface area contributed by atoms with Gasteiger partial charge >= 0.3 is 12.1 Å². The molecule has 174 valence electrons. The number of azo groups is 1. The van der Waals surface area contributed by atoms with Gasteiger partial charge in [-0.15, -0.1) is 0 Å². The third-order valence-electron chi connectivity index (χ3n) is 6.53. The zero-order valence-electron chi connectivity index (χ0n) is 18.4. The number of hydrogen-bond donors (Lipinski definition) is 2. The van der Waals surface area contributed by atoms with Crippen LogP contribution in [0.4, 0.5) is 15.3 Å². The van der Waals surface area contributed by atoms with E-state index in [1.54, 1.807) is 16.0 Å². The topological polar surface area (TPSA) is 125 Å². The van der Waals surface area contributed by atoms with Gasteiger partial charge in [0.05, 0.1) is 42.8 Å². The van der Waals surface area contributed by atoms with Crippen molar-refractivity contribution < 1.29 is 23.9 Å². The molecule has 3 amide bonds. The van der Waals surface area contributed by atoms with Crippen molar-refractivity contribution in [3.63, 3.8) is 0 Å². The van der Waals surface area contributed by atoms with Crippen LogP contribution in [0.1, 0.15) is 34.8 Å². The lowest BCUT2D eigenvalue weighted by Crippen LogP contribution is -2.49. The molecule has 11 heteroatoms. The Morgan fingerprint density at radius 2 is 1.91 bits per heavy atom. The van der Waals surface area contributed by atoms with Gasteiger partial charge in [0.1, 0.15) is 6.04 Å². The van der Waals surface area contributed by atoms with Crippen LogP contribution in [0.3, 0.4) is 0 Å². The van der Waals surface area contributed by atoms with Crippen molar-refractivity contribution in [1.82, 2.24) is 15.3 Å². The van der Waals surface area contributed by atoms with Gasteiger partial charge in [-0.1, -0.05) is 12.1 Å². The summed E-state index contributed by atoms with van der Waals surface area (Å²) in [6, 6.07) is 4.55. The number of fused-ring (bicyclic) bond motifs is 3. The fourth-order valence-corrected chi connectivity index (χ4v) is 4.86. The van der Waals surface area contributed by atoms with Crippen molar-refractivity contribution in [2.45, 2.75) is 18.9 Å². The number of allylic oxidation sites excluding steroid dienone is 1. The average molecular weight is 454 g/mol. The second-order valence-corrected chi connectivity index (χ2v) is 8.41. The predicted molar refractivity (Wildman–Crippen MR) is 117 cm³/mol. The maximum Gasteiger partial charge on any atom is 0.409 e. The summed E-state index contributed by atoms with van der Waals surface area (Å²) >= 11 is 0. The normalized spacial score (nSPS) is 22.9. The van der Waals surface area contributed by atoms with Crippen molar-refractivity contribution in [2.75, 3.05) is 51.8 Å². The van der Waals surface area contributed by atoms with E-state index in [1.807, 2.05) is 12.1 Å². The summed E-state index contributed by atoms with van der Waals surface area (Å²) in [5.41, 5.74) is 5.77. The first kappa shape index (κ1) is 21.5. The molecule has 3 aliphatic heterocycles. The monoisotopic (exact) mass is 454 g/mol. The number of benzene rings is 1. The van der Waals surface area contributed by atoms with E-state index in [0.717, 1.165) is 5.56 Å². The number of methoxy groups -OCH3 is 1. The quantitative estimate of drug-likeness (QED) is 0.723. The third-order valence-corrected chi connectivity index (χ3v) is 6.53. The molecule has 5 rings (SSSR count). The second kappa shape index (κ2) is 8.91. The molecule has 4 aliphatic rings. The summed E-state index contributed by atoms with van der Waals surface area (Å²) in [6.45, 7) is 3.41. The van der Waals surface area contributed by atoms with Crippen molar-refractivity contribution in [1.29, 1.82) is 0 Å². The Bertz CT molecular complexity index is 1040. The Morgan fingerprint density at radius 3 is 2.64 bits per heavy atom. The zero-order valence-corrected chi connectivity index (χ0v) is 18.4. The maximum atomic E-state index is 13.5. The van der Waals surface area contributed by atoms with E-state index in [0.29, 0.717) is 74.8 Å². The summed E-state index contributed by atoms with van der Waals surface area (Å²) in [5.74, 6) is -0.0957. The molecule has 11 nitrogen and oxygen atoms in total. The molecule has 0 radical (unpaired) electrons. The number of morpholine rings is 1. The third kappa shape index (κ3) is 3.98. The van der Waals surface area contributed by atoms with Crippen LogP contribution < -0.4 is 10.7 Å². The number of anilines is 1. The standard InChI is InChI=1S/C22H26N6O5/c1-32-22(31)27-7-5-13(6-8-27)18-17-19(25-24-18)14-3-2-4-15(16(14)20(17)29)23-21(30)26-28-9-11-33-12-10-28/h2-4,13,19H,5-12H2,1H3,(H2,23,26,30). The van der Waals surface area contributed by atoms with E-state index in [-0.39, 0.29) is 17.8 Å². The minimum absolute atomic E-state index is 0.0500. The predicted octanol–water partition coefficient (Wildman–Crippen LogP) is 2.49. The molecule has 2 fully saturated rings. The van der Waals surface area contributed by atoms with Crippen LogP contribution in [0.2, 0.25) is 0 Å². The Balaban J connectivity index is 1.33. The average Bonchev–Trinajstić information content (AvgIpc) is 3.40. The summed E-state index contributed by atoms with van der Waals surface area (Å²) < 4.78 is 10.1. The van der Waals surface area contributed by atoms with Crippen molar-refractivity contribution in [3.8, 4) is 0 Å². The molecule has 1 aromatic rings. The number of rotatable bonds is 3. The number of hydrogen-bond acceptors (Lipinski definition) is 8. The van der Waals surface area contributed by atoms with Crippen LogP contribution in [0, 0.1) is 5.92 Å². The molecule has 1 atom stereocenters. The summed E-state index contributed by atoms with van der Waals surface area (Å²) in [4.78, 5) is 39.5. The highest BCUT2D eigenvalue weighted by atomic mass is 16.5. The van der Waals surface area contributed by atoms with Gasteiger partial charge in [-0.25, -0.2) is 14.6 Å². The minimum atomic E-state index is -0.440. The molecule has 1 unspecified atom stereocenters. The molecule has 3 heterocycles. The van der Waals surface area contributed by atoms with Gasteiger partial charge in [-0.2, -0.15) is 10.2 Å². The van der Waals surface area contributed by atoms with E-state index >= 15 is 0 Å². The van der Waals surface area contributed by atoms with Gasteiger partial charge in [0, 0.05) is 32.1 Å². The Kier molecular flexibility index (Phi) is 5.81. The van der Waals surface area contributed by atoms with E-state index < -0.39 is 12.1 Å². The van der Waals surface area contributed by atoms with Crippen LogP contribution >= 0.6 is 0 Å².